The van der Waals surface area contributed by atoms with Gasteiger partial charge in [0.15, 0.2) is 0 Å². The zero-order chi connectivity index (χ0) is 8.10. The lowest BCUT2D eigenvalue weighted by atomic mass is 10.1. The van der Waals surface area contributed by atoms with Gasteiger partial charge < -0.3 is 4.90 Å². The lowest BCUT2D eigenvalue weighted by Gasteiger charge is -2.25. The van der Waals surface area contributed by atoms with Gasteiger partial charge in [-0.15, -0.1) is 0 Å². The van der Waals surface area contributed by atoms with E-state index < -0.39 is 0 Å². The van der Waals surface area contributed by atoms with Crippen LogP contribution in [0.3, 0.4) is 0 Å². The molecule has 0 aromatic rings. The molecule has 0 saturated carbocycles. The average Bonchev–Trinajstić information content (AvgIpc) is 2.03. The van der Waals surface area contributed by atoms with Gasteiger partial charge in [0, 0.05) is 11.6 Å². The highest BCUT2D eigenvalue weighted by molar-refractivity contribution is 6.29. The van der Waals surface area contributed by atoms with Gasteiger partial charge in [-0.25, -0.2) is 0 Å². The minimum atomic E-state index is 0.788. The highest BCUT2D eigenvalue weighted by Gasteiger charge is 2.08. The van der Waals surface area contributed by atoms with Crippen molar-refractivity contribution >= 4 is 11.6 Å². The van der Waals surface area contributed by atoms with Gasteiger partial charge in [0.05, 0.1) is 0 Å². The first-order valence-electron chi connectivity index (χ1n) is 4.34. The largest absolute Gasteiger partial charge is 0.303 e. The monoisotopic (exact) mass is 173 g/mol. The lowest BCUT2D eigenvalue weighted by Crippen LogP contribution is -2.30. The van der Waals surface area contributed by atoms with Crippen LogP contribution in [0.2, 0.25) is 0 Å². The molecule has 11 heavy (non-hydrogen) atoms. The smallest absolute Gasteiger partial charge is 0.0122 e. The van der Waals surface area contributed by atoms with Gasteiger partial charge >= 0.3 is 0 Å². The Bertz CT molecular complexity index is 128. The zero-order valence-electron chi connectivity index (χ0n) is 6.98. The normalized spacial score (nSPS) is 20.1. The van der Waals surface area contributed by atoms with Crippen molar-refractivity contribution in [3.8, 4) is 0 Å². The molecule has 1 rings (SSSR count). The van der Waals surface area contributed by atoms with Gasteiger partial charge in [0.2, 0.25) is 0 Å². The van der Waals surface area contributed by atoms with E-state index >= 15 is 0 Å². The standard InChI is InChI=1S/C9H16ClN/c1-9(10)5-8-11-6-3-2-4-7-11/h1-8H2. The molecule has 0 atom stereocenters. The van der Waals surface area contributed by atoms with E-state index in [0.29, 0.717) is 0 Å². The van der Waals surface area contributed by atoms with E-state index in [0.717, 1.165) is 18.0 Å². The molecule has 64 valence electrons. The highest BCUT2D eigenvalue weighted by atomic mass is 35.5. The summed E-state index contributed by atoms with van der Waals surface area (Å²) in [6.45, 7) is 7.29. The van der Waals surface area contributed by atoms with Crippen LogP contribution in [-0.2, 0) is 0 Å². The van der Waals surface area contributed by atoms with Crippen LogP contribution >= 0.6 is 11.6 Å². The molecule has 0 aliphatic carbocycles. The molecule has 0 N–H and O–H groups in total. The Morgan fingerprint density at radius 2 is 1.91 bits per heavy atom. The topological polar surface area (TPSA) is 3.24 Å². The number of rotatable bonds is 3. The second kappa shape index (κ2) is 4.78. The summed E-state index contributed by atoms with van der Waals surface area (Å²) in [4.78, 5) is 2.47. The maximum Gasteiger partial charge on any atom is 0.0122 e. The van der Waals surface area contributed by atoms with E-state index in [1.165, 1.54) is 32.4 Å². The molecule has 1 heterocycles. The summed E-state index contributed by atoms with van der Waals surface area (Å²) in [5, 5.41) is 0.788. The molecule has 1 nitrogen and oxygen atoms in total. The number of halogens is 1. The summed E-state index contributed by atoms with van der Waals surface area (Å²) in [5.41, 5.74) is 0. The van der Waals surface area contributed by atoms with Gasteiger partial charge in [-0.1, -0.05) is 24.6 Å². The fraction of sp³-hybridized carbons (Fsp3) is 0.778. The van der Waals surface area contributed by atoms with E-state index in [1.54, 1.807) is 0 Å². The molecule has 0 bridgehead atoms. The van der Waals surface area contributed by atoms with Crippen molar-refractivity contribution in [2.75, 3.05) is 19.6 Å². The van der Waals surface area contributed by atoms with E-state index in [1.807, 2.05) is 0 Å². The van der Waals surface area contributed by atoms with Crippen LogP contribution < -0.4 is 0 Å². The van der Waals surface area contributed by atoms with Crippen LogP contribution in [0.25, 0.3) is 0 Å². The Labute approximate surface area is 74.0 Å². The first-order valence-corrected chi connectivity index (χ1v) is 4.72. The van der Waals surface area contributed by atoms with Crippen molar-refractivity contribution < 1.29 is 0 Å². The summed E-state index contributed by atoms with van der Waals surface area (Å²) >= 11 is 5.68. The Balaban J connectivity index is 2.09. The molecule has 1 aliphatic rings. The molecular formula is C9H16ClN. The second-order valence-corrected chi connectivity index (χ2v) is 3.70. The van der Waals surface area contributed by atoms with Crippen LogP contribution in [0.4, 0.5) is 0 Å². The van der Waals surface area contributed by atoms with Gasteiger partial charge in [0.25, 0.3) is 0 Å². The maximum absolute atomic E-state index is 5.68. The van der Waals surface area contributed by atoms with Crippen LogP contribution in [0.5, 0.6) is 0 Å². The minimum Gasteiger partial charge on any atom is -0.303 e. The van der Waals surface area contributed by atoms with Crippen molar-refractivity contribution in [1.29, 1.82) is 0 Å². The quantitative estimate of drug-likeness (QED) is 0.634. The Kier molecular flexibility index (Phi) is 3.95. The zero-order valence-corrected chi connectivity index (χ0v) is 7.74. The summed E-state index contributed by atoms with van der Waals surface area (Å²) in [6.07, 6.45) is 5.06. The van der Waals surface area contributed by atoms with Gasteiger partial charge in [-0.05, 0) is 32.4 Å². The number of likely N-dealkylation sites (tertiary alicyclic amines) is 1. The molecule has 2 heteroatoms. The Hall–Kier alpha value is -0.0100. The predicted molar refractivity (Wildman–Crippen MR) is 49.9 cm³/mol. The predicted octanol–water partition coefficient (Wildman–Crippen LogP) is 2.61. The van der Waals surface area contributed by atoms with Gasteiger partial charge in [0.1, 0.15) is 0 Å². The average molecular weight is 174 g/mol. The summed E-state index contributed by atoms with van der Waals surface area (Å²) in [6, 6.07) is 0. The molecule has 0 aromatic heterocycles. The number of nitrogens with zero attached hydrogens (tertiary/aromatic N) is 1. The van der Waals surface area contributed by atoms with Crippen LogP contribution in [-0.4, -0.2) is 24.5 Å². The van der Waals surface area contributed by atoms with Crippen molar-refractivity contribution in [2.45, 2.75) is 25.7 Å². The molecule has 0 aromatic carbocycles. The Morgan fingerprint density at radius 3 is 2.45 bits per heavy atom. The molecule has 0 radical (unpaired) electrons. The summed E-state index contributed by atoms with van der Waals surface area (Å²) in [7, 11) is 0. The summed E-state index contributed by atoms with van der Waals surface area (Å²) in [5.74, 6) is 0. The van der Waals surface area contributed by atoms with Gasteiger partial charge in [-0.3, -0.25) is 0 Å². The molecule has 1 aliphatic heterocycles. The van der Waals surface area contributed by atoms with Crippen LogP contribution in [0, 0.1) is 0 Å². The van der Waals surface area contributed by atoms with Crippen molar-refractivity contribution in [2.24, 2.45) is 0 Å². The van der Waals surface area contributed by atoms with E-state index in [4.69, 9.17) is 11.6 Å². The third-order valence-corrected chi connectivity index (χ3v) is 2.34. The Morgan fingerprint density at radius 1 is 1.27 bits per heavy atom. The first kappa shape index (κ1) is 9.08. The number of hydrogen-bond acceptors (Lipinski definition) is 1. The fourth-order valence-corrected chi connectivity index (χ4v) is 1.55. The van der Waals surface area contributed by atoms with Crippen molar-refractivity contribution in [1.82, 2.24) is 4.90 Å². The molecule has 0 unspecified atom stereocenters. The molecule has 1 fully saturated rings. The third-order valence-electron chi connectivity index (χ3n) is 2.15. The second-order valence-electron chi connectivity index (χ2n) is 3.17. The minimum absolute atomic E-state index is 0.788. The van der Waals surface area contributed by atoms with Gasteiger partial charge in [-0.2, -0.15) is 0 Å². The third kappa shape index (κ3) is 3.78. The molecular weight excluding hydrogens is 158 g/mol. The van der Waals surface area contributed by atoms with Crippen molar-refractivity contribution in [3.05, 3.63) is 11.6 Å². The van der Waals surface area contributed by atoms with E-state index in [2.05, 4.69) is 11.5 Å². The van der Waals surface area contributed by atoms with Crippen LogP contribution in [0.15, 0.2) is 11.6 Å². The summed E-state index contributed by atoms with van der Waals surface area (Å²) < 4.78 is 0. The molecule has 0 spiro atoms. The molecule has 0 amide bonds. The van der Waals surface area contributed by atoms with Crippen molar-refractivity contribution in [3.63, 3.8) is 0 Å². The van der Waals surface area contributed by atoms with E-state index in [-0.39, 0.29) is 0 Å². The first-order chi connectivity index (χ1) is 5.29. The highest BCUT2D eigenvalue weighted by Crippen LogP contribution is 2.11. The SMILES string of the molecule is C=C(Cl)CCN1CCCCC1. The number of piperidine rings is 1. The molecule has 1 saturated heterocycles. The number of hydrogen-bond donors (Lipinski definition) is 0. The van der Waals surface area contributed by atoms with Crippen LogP contribution in [0.1, 0.15) is 25.7 Å². The van der Waals surface area contributed by atoms with E-state index in [9.17, 15) is 0 Å². The maximum atomic E-state index is 5.68. The lowest BCUT2D eigenvalue weighted by molar-refractivity contribution is 0.232. The fourth-order valence-electron chi connectivity index (χ4n) is 1.46.